The summed E-state index contributed by atoms with van der Waals surface area (Å²) in [5.74, 6) is 0.175. The van der Waals surface area contributed by atoms with Crippen LogP contribution in [0.3, 0.4) is 0 Å². The first-order valence-electron chi connectivity index (χ1n) is 8.52. The number of benzene rings is 1. The van der Waals surface area contributed by atoms with Gasteiger partial charge in [-0.2, -0.15) is 5.10 Å². The predicted molar refractivity (Wildman–Crippen MR) is 100 cm³/mol. The predicted octanol–water partition coefficient (Wildman–Crippen LogP) is 3.30. The molecule has 0 saturated carbocycles. The Bertz CT molecular complexity index is 932. The number of aromatic hydroxyl groups is 1. The van der Waals surface area contributed by atoms with Gasteiger partial charge in [0.2, 0.25) is 0 Å². The number of hydrogen-bond acceptors (Lipinski definition) is 4. The van der Waals surface area contributed by atoms with Crippen molar-refractivity contribution in [3.8, 4) is 5.75 Å². The summed E-state index contributed by atoms with van der Waals surface area (Å²) in [7, 11) is 0. The van der Waals surface area contributed by atoms with Crippen molar-refractivity contribution in [2.24, 2.45) is 0 Å². The zero-order valence-electron chi connectivity index (χ0n) is 14.3. The Kier molecular flexibility index (Phi) is 4.53. The molecule has 1 unspecified atom stereocenters. The van der Waals surface area contributed by atoms with Gasteiger partial charge in [-0.3, -0.25) is 9.58 Å². The molecule has 4 rings (SSSR count). The fourth-order valence-corrected chi connectivity index (χ4v) is 3.73. The summed E-state index contributed by atoms with van der Waals surface area (Å²) >= 11 is 6.33. The molecule has 0 aliphatic carbocycles. The van der Waals surface area contributed by atoms with E-state index in [1.807, 2.05) is 29.2 Å². The molecule has 3 aromatic rings. The van der Waals surface area contributed by atoms with Crippen molar-refractivity contribution in [3.63, 3.8) is 0 Å². The molecular weight excluding hydrogens is 350 g/mol. The minimum atomic E-state index is 0.00781. The molecule has 0 spiro atoms. The van der Waals surface area contributed by atoms with E-state index in [4.69, 9.17) is 11.6 Å². The van der Waals surface area contributed by atoms with E-state index in [1.54, 1.807) is 18.5 Å². The van der Waals surface area contributed by atoms with Crippen LogP contribution < -0.4 is 0 Å². The van der Waals surface area contributed by atoms with Crippen LogP contribution in [-0.4, -0.2) is 36.3 Å². The van der Waals surface area contributed by atoms with E-state index in [0.29, 0.717) is 18.1 Å². The van der Waals surface area contributed by atoms with Crippen molar-refractivity contribution in [1.29, 1.82) is 0 Å². The van der Waals surface area contributed by atoms with E-state index >= 15 is 0 Å². The van der Waals surface area contributed by atoms with Gasteiger partial charge in [-0.25, -0.2) is 4.98 Å². The fraction of sp³-hybridized carbons (Fsp3) is 0.263. The van der Waals surface area contributed by atoms with E-state index in [1.165, 1.54) is 5.69 Å². The molecule has 2 N–H and O–H groups in total. The van der Waals surface area contributed by atoms with Gasteiger partial charge in [0.15, 0.2) is 0 Å². The number of aromatic nitrogens is 4. The first-order chi connectivity index (χ1) is 12.7. The Labute approximate surface area is 156 Å². The number of hydrogen-bond donors (Lipinski definition) is 2. The Balaban J connectivity index is 1.69. The highest BCUT2D eigenvalue weighted by atomic mass is 35.5. The number of H-pyrrole nitrogens is 1. The molecule has 0 saturated heterocycles. The van der Waals surface area contributed by atoms with Gasteiger partial charge in [0.1, 0.15) is 5.75 Å². The molecule has 3 heterocycles. The monoisotopic (exact) mass is 369 g/mol. The molecule has 26 heavy (non-hydrogen) atoms. The second-order valence-electron chi connectivity index (χ2n) is 6.45. The van der Waals surface area contributed by atoms with Gasteiger partial charge < -0.3 is 10.1 Å². The summed E-state index contributed by atoms with van der Waals surface area (Å²) in [4.78, 5) is 10.2. The van der Waals surface area contributed by atoms with Crippen LogP contribution in [0, 0.1) is 0 Å². The van der Waals surface area contributed by atoms with E-state index in [0.717, 1.165) is 29.8 Å². The van der Waals surface area contributed by atoms with Gasteiger partial charge >= 0.3 is 0 Å². The van der Waals surface area contributed by atoms with Gasteiger partial charge in [0.25, 0.3) is 0 Å². The largest absolute Gasteiger partial charge is 0.508 e. The van der Waals surface area contributed by atoms with E-state index in [2.05, 4.69) is 26.5 Å². The number of halogens is 1. The highest BCUT2D eigenvalue weighted by Crippen LogP contribution is 2.35. The summed E-state index contributed by atoms with van der Waals surface area (Å²) < 4.78 is 1.87. The zero-order chi connectivity index (χ0) is 18.1. The van der Waals surface area contributed by atoms with E-state index in [-0.39, 0.29) is 11.8 Å². The third-order valence-electron chi connectivity index (χ3n) is 4.72. The lowest BCUT2D eigenvalue weighted by atomic mass is 9.97. The maximum atomic E-state index is 9.60. The average Bonchev–Trinajstić information content (AvgIpc) is 3.26. The van der Waals surface area contributed by atoms with Crippen molar-refractivity contribution < 1.29 is 5.11 Å². The summed E-state index contributed by atoms with van der Waals surface area (Å²) in [6, 6.07) is 5.13. The van der Waals surface area contributed by atoms with Crippen molar-refractivity contribution in [1.82, 2.24) is 24.6 Å². The van der Waals surface area contributed by atoms with Crippen LogP contribution >= 0.6 is 11.6 Å². The maximum absolute atomic E-state index is 9.60. The minimum Gasteiger partial charge on any atom is -0.508 e. The molecule has 1 atom stereocenters. The van der Waals surface area contributed by atoms with E-state index in [9.17, 15) is 5.11 Å². The Morgan fingerprint density at radius 1 is 1.42 bits per heavy atom. The topological polar surface area (TPSA) is 70.0 Å². The number of nitrogens with zero attached hydrogens (tertiary/aromatic N) is 4. The number of fused-ring (bicyclic) bond motifs is 1. The Morgan fingerprint density at radius 2 is 2.31 bits per heavy atom. The fourth-order valence-electron chi connectivity index (χ4n) is 3.50. The SMILES string of the molecule is C=CCn1cc(C2c3nc[nH]c3CCN2Cc2ccc(O)cc2Cl)cn1. The van der Waals surface area contributed by atoms with Crippen molar-refractivity contribution in [2.45, 2.75) is 25.6 Å². The standard InChI is InChI=1S/C19H20ClN5O/c1-2-6-25-11-14(9-23-25)19-18-17(21-12-22-18)5-7-24(19)10-13-3-4-15(26)8-16(13)20/h2-4,8-9,11-12,19,26H,1,5-7,10H2,(H,21,22). The van der Waals surface area contributed by atoms with Crippen LogP contribution in [0.4, 0.5) is 0 Å². The summed E-state index contributed by atoms with van der Waals surface area (Å²) in [5, 5.41) is 14.6. The molecule has 1 aliphatic rings. The number of allylic oxidation sites excluding steroid dienone is 1. The summed E-state index contributed by atoms with van der Waals surface area (Å²) in [5.41, 5.74) is 4.27. The lowest BCUT2D eigenvalue weighted by Crippen LogP contribution is -2.35. The van der Waals surface area contributed by atoms with Crippen LogP contribution in [0.25, 0.3) is 0 Å². The van der Waals surface area contributed by atoms with Crippen molar-refractivity contribution in [2.75, 3.05) is 6.54 Å². The molecule has 0 bridgehead atoms. The molecule has 1 aliphatic heterocycles. The van der Waals surface area contributed by atoms with E-state index < -0.39 is 0 Å². The number of phenols is 1. The van der Waals surface area contributed by atoms with Gasteiger partial charge in [0.05, 0.1) is 30.8 Å². The van der Waals surface area contributed by atoms with Gasteiger partial charge in [0, 0.05) is 42.0 Å². The van der Waals surface area contributed by atoms with Crippen molar-refractivity contribution in [3.05, 3.63) is 77.1 Å². The number of imidazole rings is 1. The number of nitrogens with one attached hydrogen (secondary N) is 1. The molecule has 0 fully saturated rings. The zero-order valence-corrected chi connectivity index (χ0v) is 15.0. The smallest absolute Gasteiger partial charge is 0.117 e. The highest BCUT2D eigenvalue weighted by molar-refractivity contribution is 6.31. The van der Waals surface area contributed by atoms with Crippen molar-refractivity contribution >= 4 is 11.6 Å². The maximum Gasteiger partial charge on any atom is 0.117 e. The second kappa shape index (κ2) is 6.97. The quantitative estimate of drug-likeness (QED) is 0.677. The number of rotatable bonds is 5. The van der Waals surface area contributed by atoms with Crippen LogP contribution in [-0.2, 0) is 19.5 Å². The number of phenolic OH excluding ortho intramolecular Hbond substituents is 1. The summed E-state index contributed by atoms with van der Waals surface area (Å²) in [6.07, 6.45) is 8.42. The van der Waals surface area contributed by atoms with Crippen LogP contribution in [0.15, 0.2) is 49.6 Å². The average molecular weight is 370 g/mol. The molecular formula is C19H20ClN5O. The number of aromatic amines is 1. The second-order valence-corrected chi connectivity index (χ2v) is 6.86. The minimum absolute atomic E-state index is 0.00781. The Morgan fingerprint density at radius 3 is 3.12 bits per heavy atom. The lowest BCUT2D eigenvalue weighted by Gasteiger charge is -2.34. The van der Waals surface area contributed by atoms with Crippen LogP contribution in [0.5, 0.6) is 5.75 Å². The normalized spacial score (nSPS) is 17.2. The molecule has 134 valence electrons. The first kappa shape index (κ1) is 16.9. The van der Waals surface area contributed by atoms with Crippen LogP contribution in [0.2, 0.25) is 5.02 Å². The molecule has 2 aromatic heterocycles. The summed E-state index contributed by atoms with van der Waals surface area (Å²) in [6.45, 7) is 5.99. The molecule has 0 amide bonds. The Hall–Kier alpha value is -2.57. The first-order valence-corrected chi connectivity index (χ1v) is 8.90. The van der Waals surface area contributed by atoms with Gasteiger partial charge in [-0.15, -0.1) is 6.58 Å². The third kappa shape index (κ3) is 3.13. The molecule has 1 aromatic carbocycles. The third-order valence-corrected chi connectivity index (χ3v) is 5.07. The lowest BCUT2D eigenvalue weighted by molar-refractivity contribution is 0.200. The highest BCUT2D eigenvalue weighted by Gasteiger charge is 2.32. The molecule has 7 heteroatoms. The molecule has 0 radical (unpaired) electrons. The van der Waals surface area contributed by atoms with Gasteiger partial charge in [-0.05, 0) is 17.7 Å². The van der Waals surface area contributed by atoms with Gasteiger partial charge in [-0.1, -0.05) is 23.7 Å². The van der Waals surface area contributed by atoms with Crippen LogP contribution in [0.1, 0.15) is 28.6 Å². The molecule has 6 nitrogen and oxygen atoms in total.